The van der Waals surface area contributed by atoms with Crippen molar-refractivity contribution in [3.05, 3.63) is 28.0 Å². The third-order valence-corrected chi connectivity index (χ3v) is 5.70. The van der Waals surface area contributed by atoms with Gasteiger partial charge in [0.25, 0.3) is 0 Å². The number of fused-ring (bicyclic) bond motifs is 1. The number of aliphatic carboxylic acids is 1. The van der Waals surface area contributed by atoms with Gasteiger partial charge in [-0.25, -0.2) is 9.18 Å². The van der Waals surface area contributed by atoms with E-state index >= 15 is 0 Å². The molecule has 1 aliphatic carbocycles. The predicted molar refractivity (Wildman–Crippen MR) is 86.8 cm³/mol. The molecule has 1 heterocycles. The van der Waals surface area contributed by atoms with Crippen LogP contribution in [0.4, 0.5) is 14.9 Å². The molecule has 7 heteroatoms. The van der Waals surface area contributed by atoms with Crippen LogP contribution in [0.2, 0.25) is 0 Å². The van der Waals surface area contributed by atoms with E-state index in [-0.39, 0.29) is 28.8 Å². The first kappa shape index (κ1) is 16.2. The summed E-state index contributed by atoms with van der Waals surface area (Å²) in [5.74, 6) is -1.18. The average Bonchev–Trinajstić information content (AvgIpc) is 3.02. The molecule has 1 aromatic rings. The van der Waals surface area contributed by atoms with E-state index in [9.17, 15) is 19.1 Å². The Bertz CT molecular complexity index is 682. The SMILES string of the molecule is Cc1cc(F)c(Br)cc1NC(=O)N1C[C@@H]2CCC[C@@]2(C(=O)O)C1. The number of likely N-dealkylation sites (tertiary alicyclic amines) is 1. The van der Waals surface area contributed by atoms with Gasteiger partial charge in [0.1, 0.15) is 5.82 Å². The molecule has 1 aliphatic heterocycles. The molecule has 23 heavy (non-hydrogen) atoms. The van der Waals surface area contributed by atoms with Gasteiger partial charge in [0.15, 0.2) is 0 Å². The van der Waals surface area contributed by atoms with E-state index < -0.39 is 11.4 Å². The number of aryl methyl sites for hydroxylation is 1. The van der Waals surface area contributed by atoms with Gasteiger partial charge < -0.3 is 15.3 Å². The first-order valence-electron chi connectivity index (χ1n) is 7.58. The third kappa shape index (κ3) is 2.71. The van der Waals surface area contributed by atoms with Crippen LogP contribution in [0.25, 0.3) is 0 Å². The quantitative estimate of drug-likeness (QED) is 0.817. The van der Waals surface area contributed by atoms with Gasteiger partial charge >= 0.3 is 12.0 Å². The third-order valence-electron chi connectivity index (χ3n) is 5.09. The lowest BCUT2D eigenvalue weighted by atomic mass is 9.81. The standard InChI is InChI=1S/C16H18BrFN2O3/c1-9-5-12(18)11(17)6-13(9)19-15(23)20-7-10-3-2-4-16(10,8-20)14(21)22/h5-6,10H,2-4,7-8H2,1H3,(H,19,23)(H,21,22)/t10-,16+/m0/s1. The highest BCUT2D eigenvalue weighted by molar-refractivity contribution is 9.10. The lowest BCUT2D eigenvalue weighted by Crippen LogP contribution is -2.38. The van der Waals surface area contributed by atoms with Gasteiger partial charge in [0.2, 0.25) is 0 Å². The summed E-state index contributed by atoms with van der Waals surface area (Å²) in [5.41, 5.74) is 0.339. The number of amides is 2. The Kier molecular flexibility index (Phi) is 4.08. The zero-order valence-corrected chi connectivity index (χ0v) is 14.3. The molecule has 2 fully saturated rings. The van der Waals surface area contributed by atoms with E-state index in [2.05, 4.69) is 21.2 Å². The molecule has 2 atom stereocenters. The number of hydrogen-bond acceptors (Lipinski definition) is 2. The second-order valence-corrected chi connectivity index (χ2v) is 7.30. The molecule has 0 spiro atoms. The minimum atomic E-state index is -0.809. The topological polar surface area (TPSA) is 69.6 Å². The highest BCUT2D eigenvalue weighted by atomic mass is 79.9. The van der Waals surface area contributed by atoms with E-state index in [1.54, 1.807) is 11.8 Å². The Balaban J connectivity index is 1.76. The normalized spacial score (nSPS) is 26.2. The van der Waals surface area contributed by atoms with E-state index in [1.165, 1.54) is 12.1 Å². The Labute approximate surface area is 142 Å². The van der Waals surface area contributed by atoms with Crippen molar-refractivity contribution in [1.29, 1.82) is 0 Å². The lowest BCUT2D eigenvalue weighted by molar-refractivity contribution is -0.149. The zero-order valence-electron chi connectivity index (χ0n) is 12.7. The number of urea groups is 1. The number of carboxylic acids is 1. The zero-order chi connectivity index (χ0) is 16.8. The smallest absolute Gasteiger partial charge is 0.321 e. The van der Waals surface area contributed by atoms with Gasteiger partial charge in [-0.05, 0) is 59.3 Å². The summed E-state index contributed by atoms with van der Waals surface area (Å²) in [4.78, 5) is 25.7. The summed E-state index contributed by atoms with van der Waals surface area (Å²) in [5, 5.41) is 12.3. The lowest BCUT2D eigenvalue weighted by Gasteiger charge is -2.23. The molecule has 3 rings (SSSR count). The van der Waals surface area contributed by atoms with Gasteiger partial charge in [-0.2, -0.15) is 0 Å². The summed E-state index contributed by atoms with van der Waals surface area (Å²) in [6.07, 6.45) is 2.37. The fourth-order valence-corrected chi connectivity index (χ4v) is 4.11. The van der Waals surface area contributed by atoms with E-state index in [4.69, 9.17) is 0 Å². The maximum absolute atomic E-state index is 13.5. The van der Waals surface area contributed by atoms with Crippen molar-refractivity contribution >= 4 is 33.6 Å². The summed E-state index contributed by atoms with van der Waals surface area (Å²) in [6.45, 7) is 2.41. The molecule has 0 aromatic heterocycles. The van der Waals surface area contributed by atoms with E-state index in [0.29, 0.717) is 24.2 Å². The van der Waals surface area contributed by atoms with Gasteiger partial charge in [0, 0.05) is 18.8 Å². The minimum Gasteiger partial charge on any atom is -0.481 e. The Hall–Kier alpha value is -1.63. The Morgan fingerprint density at radius 2 is 2.22 bits per heavy atom. The molecule has 5 nitrogen and oxygen atoms in total. The number of anilines is 1. The molecule has 1 saturated heterocycles. The van der Waals surface area contributed by atoms with Crippen LogP contribution in [0.1, 0.15) is 24.8 Å². The second-order valence-electron chi connectivity index (χ2n) is 6.44. The van der Waals surface area contributed by atoms with Crippen molar-refractivity contribution in [1.82, 2.24) is 4.90 Å². The average molecular weight is 385 g/mol. The highest BCUT2D eigenvalue weighted by Gasteiger charge is 2.55. The van der Waals surface area contributed by atoms with Crippen LogP contribution < -0.4 is 5.32 Å². The second kappa shape index (κ2) is 5.78. The molecule has 2 aliphatic rings. The van der Waals surface area contributed by atoms with Crippen LogP contribution >= 0.6 is 15.9 Å². The molecule has 0 unspecified atom stereocenters. The number of carboxylic acid groups (broad SMARTS) is 1. The first-order valence-corrected chi connectivity index (χ1v) is 8.38. The van der Waals surface area contributed by atoms with Crippen LogP contribution in [0.3, 0.4) is 0 Å². The number of carbonyl (C=O) groups is 2. The number of carbonyl (C=O) groups excluding carboxylic acids is 1. The summed E-state index contributed by atoms with van der Waals surface area (Å²) >= 11 is 3.10. The fraction of sp³-hybridized carbons (Fsp3) is 0.500. The molecule has 2 N–H and O–H groups in total. The first-order chi connectivity index (χ1) is 10.8. The van der Waals surface area contributed by atoms with Gasteiger partial charge in [-0.3, -0.25) is 4.79 Å². The van der Waals surface area contributed by atoms with Crippen molar-refractivity contribution in [2.45, 2.75) is 26.2 Å². The number of hydrogen-bond donors (Lipinski definition) is 2. The molecule has 1 aromatic carbocycles. The van der Waals surface area contributed by atoms with Crippen molar-refractivity contribution in [2.75, 3.05) is 18.4 Å². The number of rotatable bonds is 2. The van der Waals surface area contributed by atoms with Crippen molar-refractivity contribution < 1.29 is 19.1 Å². The monoisotopic (exact) mass is 384 g/mol. The van der Waals surface area contributed by atoms with Crippen LogP contribution in [0, 0.1) is 24.1 Å². The minimum absolute atomic E-state index is 0.0202. The maximum Gasteiger partial charge on any atom is 0.321 e. The van der Waals surface area contributed by atoms with Crippen LogP contribution in [0.15, 0.2) is 16.6 Å². The highest BCUT2D eigenvalue weighted by Crippen LogP contribution is 2.49. The van der Waals surface area contributed by atoms with Crippen molar-refractivity contribution in [3.63, 3.8) is 0 Å². The van der Waals surface area contributed by atoms with E-state index in [1.807, 2.05) is 0 Å². The Morgan fingerprint density at radius 1 is 1.48 bits per heavy atom. The van der Waals surface area contributed by atoms with E-state index in [0.717, 1.165) is 12.8 Å². The van der Waals surface area contributed by atoms with Gasteiger partial charge in [0.05, 0.1) is 9.89 Å². The molecule has 0 radical (unpaired) electrons. The largest absolute Gasteiger partial charge is 0.481 e. The Morgan fingerprint density at radius 3 is 2.87 bits per heavy atom. The van der Waals surface area contributed by atoms with Crippen LogP contribution in [0.5, 0.6) is 0 Å². The molecule has 2 amide bonds. The van der Waals surface area contributed by atoms with Crippen molar-refractivity contribution in [2.24, 2.45) is 11.3 Å². The van der Waals surface area contributed by atoms with Crippen molar-refractivity contribution in [3.8, 4) is 0 Å². The summed E-state index contributed by atoms with van der Waals surface area (Å²) in [7, 11) is 0. The fourth-order valence-electron chi connectivity index (χ4n) is 3.77. The molecular formula is C16H18BrFN2O3. The number of nitrogens with one attached hydrogen (secondary N) is 1. The number of benzene rings is 1. The predicted octanol–water partition coefficient (Wildman–Crippen LogP) is 3.62. The summed E-state index contributed by atoms with van der Waals surface area (Å²) < 4.78 is 13.7. The van der Waals surface area contributed by atoms with Gasteiger partial charge in [-0.1, -0.05) is 6.42 Å². The molecule has 0 bridgehead atoms. The van der Waals surface area contributed by atoms with Gasteiger partial charge in [-0.15, -0.1) is 0 Å². The number of halogens is 2. The van der Waals surface area contributed by atoms with Crippen LogP contribution in [-0.4, -0.2) is 35.1 Å². The molecule has 1 saturated carbocycles. The summed E-state index contributed by atoms with van der Waals surface area (Å²) in [6, 6.07) is 2.53. The molecule has 124 valence electrons. The molecular weight excluding hydrogens is 367 g/mol. The van der Waals surface area contributed by atoms with Crippen LogP contribution in [-0.2, 0) is 4.79 Å². The maximum atomic E-state index is 13.5. The number of nitrogens with zero attached hydrogens (tertiary/aromatic N) is 1.